The third kappa shape index (κ3) is 5.08. The van der Waals surface area contributed by atoms with E-state index in [2.05, 4.69) is 48.1 Å². The van der Waals surface area contributed by atoms with Crippen LogP contribution < -0.4 is 10.1 Å². The van der Waals surface area contributed by atoms with Gasteiger partial charge in [-0.25, -0.2) is 0 Å². The molecule has 23 heavy (non-hydrogen) atoms. The Kier molecular flexibility index (Phi) is 6.66. The summed E-state index contributed by atoms with van der Waals surface area (Å²) in [6.07, 6.45) is 2.29. The summed E-state index contributed by atoms with van der Waals surface area (Å²) in [5, 5.41) is 4.26. The lowest BCUT2D eigenvalue weighted by Gasteiger charge is -2.39. The molecule has 0 aliphatic carbocycles. The van der Waals surface area contributed by atoms with Gasteiger partial charge in [-0.2, -0.15) is 0 Å². The van der Waals surface area contributed by atoms with Crippen LogP contribution >= 0.6 is 12.2 Å². The quantitative estimate of drug-likeness (QED) is 0.835. The first-order valence-corrected chi connectivity index (χ1v) is 8.79. The lowest BCUT2D eigenvalue weighted by atomic mass is 10.0. The third-order valence-corrected chi connectivity index (χ3v) is 4.69. The fraction of sp³-hybridized carbons (Fsp3) is 0.611. The van der Waals surface area contributed by atoms with Gasteiger partial charge in [0.15, 0.2) is 5.11 Å². The van der Waals surface area contributed by atoms with Gasteiger partial charge in [0.2, 0.25) is 0 Å². The van der Waals surface area contributed by atoms with Crippen LogP contribution in [0.1, 0.15) is 32.3 Å². The molecular formula is C18H29N3OS. The predicted molar refractivity (Wildman–Crippen MR) is 99.9 cm³/mol. The van der Waals surface area contributed by atoms with Gasteiger partial charge < -0.3 is 19.9 Å². The number of nitrogens with one attached hydrogen (secondary N) is 1. The average Bonchev–Trinajstić information content (AvgIpc) is 2.53. The number of likely N-dealkylation sites (tertiary alicyclic amines) is 1. The van der Waals surface area contributed by atoms with Gasteiger partial charge in [-0.3, -0.25) is 0 Å². The van der Waals surface area contributed by atoms with Gasteiger partial charge in [0.25, 0.3) is 0 Å². The molecule has 0 spiro atoms. The van der Waals surface area contributed by atoms with Crippen LogP contribution in [-0.2, 0) is 6.54 Å². The second-order valence-corrected chi connectivity index (χ2v) is 6.97. The van der Waals surface area contributed by atoms with E-state index >= 15 is 0 Å². The van der Waals surface area contributed by atoms with Crippen LogP contribution in [0.25, 0.3) is 0 Å². The molecular weight excluding hydrogens is 306 g/mol. The molecule has 1 heterocycles. The van der Waals surface area contributed by atoms with Crippen LogP contribution in [0.15, 0.2) is 24.3 Å². The van der Waals surface area contributed by atoms with Crippen LogP contribution in [0, 0.1) is 0 Å². The zero-order valence-corrected chi connectivity index (χ0v) is 15.5. The van der Waals surface area contributed by atoms with E-state index in [0.717, 1.165) is 43.3 Å². The molecule has 1 saturated heterocycles. The molecule has 1 aliphatic heterocycles. The van der Waals surface area contributed by atoms with Crippen LogP contribution in [0.4, 0.5) is 0 Å². The first-order chi connectivity index (χ1) is 11.0. The van der Waals surface area contributed by atoms with Crippen molar-refractivity contribution in [1.29, 1.82) is 0 Å². The summed E-state index contributed by atoms with van der Waals surface area (Å²) >= 11 is 5.70. The van der Waals surface area contributed by atoms with E-state index in [9.17, 15) is 0 Å². The first-order valence-electron chi connectivity index (χ1n) is 8.38. The molecule has 1 aromatic rings. The van der Waals surface area contributed by atoms with Crippen LogP contribution in [0.5, 0.6) is 5.75 Å². The molecule has 4 nitrogen and oxygen atoms in total. The van der Waals surface area contributed by atoms with E-state index < -0.39 is 0 Å². The summed E-state index contributed by atoms with van der Waals surface area (Å²) in [6.45, 7) is 7.29. The topological polar surface area (TPSA) is 27.7 Å². The molecule has 128 valence electrons. The van der Waals surface area contributed by atoms with Gasteiger partial charge in [-0.05, 0) is 65.1 Å². The van der Waals surface area contributed by atoms with E-state index in [4.69, 9.17) is 17.0 Å². The summed E-state index contributed by atoms with van der Waals surface area (Å²) in [5.74, 6) is 0.928. The number of para-hydroxylation sites is 1. The number of thiocarbonyl (C=S) groups is 1. The Bertz CT molecular complexity index is 513. The highest BCUT2D eigenvalue weighted by atomic mass is 32.1. The predicted octanol–water partition coefficient (Wildman–Crippen LogP) is 2.87. The Morgan fingerprint density at radius 3 is 2.61 bits per heavy atom. The van der Waals surface area contributed by atoms with Crippen molar-refractivity contribution in [3.63, 3.8) is 0 Å². The highest BCUT2D eigenvalue weighted by molar-refractivity contribution is 7.80. The minimum Gasteiger partial charge on any atom is -0.496 e. The maximum atomic E-state index is 5.70. The maximum Gasteiger partial charge on any atom is 0.169 e. The molecule has 1 fully saturated rings. The molecule has 1 aromatic carbocycles. The van der Waals surface area contributed by atoms with Gasteiger partial charge in [0.1, 0.15) is 5.75 Å². The van der Waals surface area contributed by atoms with Gasteiger partial charge in [-0.15, -0.1) is 0 Å². The summed E-state index contributed by atoms with van der Waals surface area (Å²) < 4.78 is 5.51. The number of piperidine rings is 1. The number of benzene rings is 1. The molecule has 0 aromatic heterocycles. The van der Waals surface area contributed by atoms with Crippen molar-refractivity contribution < 1.29 is 4.74 Å². The van der Waals surface area contributed by atoms with E-state index in [1.54, 1.807) is 7.11 Å². The van der Waals surface area contributed by atoms with Crippen LogP contribution in [-0.4, -0.2) is 54.2 Å². The Hall–Kier alpha value is -1.33. The maximum absolute atomic E-state index is 5.70. The van der Waals surface area contributed by atoms with Crippen molar-refractivity contribution in [3.05, 3.63) is 29.8 Å². The van der Waals surface area contributed by atoms with Gasteiger partial charge in [0.05, 0.1) is 7.11 Å². The highest BCUT2D eigenvalue weighted by Crippen LogP contribution is 2.23. The molecule has 5 heteroatoms. The van der Waals surface area contributed by atoms with Crippen molar-refractivity contribution >= 4 is 17.3 Å². The molecule has 0 saturated carbocycles. The van der Waals surface area contributed by atoms with Crippen molar-refractivity contribution in [2.45, 2.75) is 45.3 Å². The minimum atomic E-state index is 0.342. The Labute approximate surface area is 145 Å². The van der Waals surface area contributed by atoms with E-state index in [-0.39, 0.29) is 0 Å². The summed E-state index contributed by atoms with van der Waals surface area (Å²) in [5.41, 5.74) is 1.18. The van der Waals surface area contributed by atoms with Gasteiger partial charge >= 0.3 is 0 Å². The van der Waals surface area contributed by atoms with E-state index in [1.807, 2.05) is 12.1 Å². The summed E-state index contributed by atoms with van der Waals surface area (Å²) in [6, 6.07) is 9.03. The average molecular weight is 336 g/mol. The minimum absolute atomic E-state index is 0.342. The smallest absolute Gasteiger partial charge is 0.169 e. The Balaban J connectivity index is 2.17. The fourth-order valence-electron chi connectivity index (χ4n) is 3.02. The summed E-state index contributed by atoms with van der Waals surface area (Å²) in [7, 11) is 3.91. The number of hydrogen-bond acceptors (Lipinski definition) is 3. The molecule has 1 aliphatic rings. The normalized spacial score (nSPS) is 16.4. The SMILES string of the molecule is COc1ccccc1CN(C(=S)NC(C)C)C1CCN(C)CC1. The van der Waals surface area contributed by atoms with E-state index in [1.165, 1.54) is 5.56 Å². The largest absolute Gasteiger partial charge is 0.496 e. The number of rotatable bonds is 5. The summed E-state index contributed by atoms with van der Waals surface area (Å²) in [4.78, 5) is 4.73. The van der Waals surface area contributed by atoms with Crippen LogP contribution in [0.3, 0.4) is 0 Å². The zero-order chi connectivity index (χ0) is 16.8. The molecule has 0 unspecified atom stereocenters. The third-order valence-electron chi connectivity index (χ3n) is 4.34. The van der Waals surface area contributed by atoms with Crippen molar-refractivity contribution in [2.24, 2.45) is 0 Å². The molecule has 0 radical (unpaired) electrons. The molecule has 1 N–H and O–H groups in total. The number of ether oxygens (including phenoxy) is 1. The standard InChI is InChI=1S/C18H29N3OS/c1-14(2)19-18(23)21(16-9-11-20(3)12-10-16)13-15-7-5-6-8-17(15)22-4/h5-8,14,16H,9-13H2,1-4H3,(H,19,23). The Morgan fingerprint density at radius 2 is 2.00 bits per heavy atom. The molecule has 0 atom stereocenters. The Morgan fingerprint density at radius 1 is 1.35 bits per heavy atom. The van der Waals surface area contributed by atoms with Gasteiger partial charge in [-0.1, -0.05) is 18.2 Å². The molecule has 2 rings (SSSR count). The number of methoxy groups -OCH3 is 1. The van der Waals surface area contributed by atoms with Crippen molar-refractivity contribution in [3.8, 4) is 5.75 Å². The zero-order valence-electron chi connectivity index (χ0n) is 14.7. The highest BCUT2D eigenvalue weighted by Gasteiger charge is 2.26. The monoisotopic (exact) mass is 335 g/mol. The van der Waals surface area contributed by atoms with E-state index in [0.29, 0.717) is 12.1 Å². The lowest BCUT2D eigenvalue weighted by Crippen LogP contribution is -2.50. The molecule has 0 bridgehead atoms. The van der Waals surface area contributed by atoms with Gasteiger partial charge in [0, 0.05) is 24.2 Å². The van der Waals surface area contributed by atoms with Crippen LogP contribution in [0.2, 0.25) is 0 Å². The number of nitrogens with zero attached hydrogens (tertiary/aromatic N) is 2. The fourth-order valence-corrected chi connectivity index (χ4v) is 3.47. The van der Waals surface area contributed by atoms with Crippen molar-refractivity contribution in [2.75, 3.05) is 27.2 Å². The lowest BCUT2D eigenvalue weighted by molar-refractivity contribution is 0.169. The second kappa shape index (κ2) is 8.50. The first kappa shape index (κ1) is 18.0. The number of hydrogen-bond donors (Lipinski definition) is 1. The second-order valence-electron chi connectivity index (χ2n) is 6.58. The molecule has 0 amide bonds. The van der Waals surface area contributed by atoms with Crippen molar-refractivity contribution in [1.82, 2.24) is 15.1 Å².